The first-order chi connectivity index (χ1) is 14.3. The van der Waals surface area contributed by atoms with E-state index >= 15 is 0 Å². The molecule has 0 saturated carbocycles. The van der Waals surface area contributed by atoms with E-state index in [4.69, 9.17) is 9.84 Å². The predicted molar refractivity (Wildman–Crippen MR) is 113 cm³/mol. The fourth-order valence-corrected chi connectivity index (χ4v) is 2.87. The van der Waals surface area contributed by atoms with Crippen LogP contribution in [0.25, 0.3) is 0 Å². The Bertz CT molecular complexity index is 1070. The number of carbonyl (C=O) groups is 2. The third-order valence-electron chi connectivity index (χ3n) is 4.15. The highest BCUT2D eigenvalue weighted by Gasteiger charge is 2.19. The average Bonchev–Trinajstić information content (AvgIpc) is 2.73. The first kappa shape index (κ1) is 21.0. The second kappa shape index (κ2) is 9.19. The Morgan fingerprint density at radius 3 is 2.10 bits per heavy atom. The highest BCUT2D eigenvalue weighted by molar-refractivity contribution is 9.10. The monoisotopic (exact) mass is 470 g/mol. The summed E-state index contributed by atoms with van der Waals surface area (Å²) >= 11 is 3.35. The van der Waals surface area contributed by atoms with Crippen LogP contribution < -0.4 is 9.64 Å². The summed E-state index contributed by atoms with van der Waals surface area (Å²) in [6.07, 6.45) is -0.687. The standard InChI is InChI=1S/C21H15BrN2O6/c22-16-5-7-17(8-6-16)23(13-14-1-3-15(4-2-14)20(25)26)21(27)30-19-11-9-18(10-12-19)24(28)29/h1-12H,13H2,(H,25,26). The zero-order valence-electron chi connectivity index (χ0n) is 15.4. The number of carbonyl (C=O) groups excluding carboxylic acids is 1. The number of carboxylic acids is 1. The maximum absolute atomic E-state index is 12.9. The van der Waals surface area contributed by atoms with E-state index in [0.29, 0.717) is 11.3 Å². The summed E-state index contributed by atoms with van der Waals surface area (Å²) in [4.78, 5) is 35.5. The molecule has 0 aliphatic heterocycles. The third-order valence-corrected chi connectivity index (χ3v) is 4.68. The molecule has 3 aromatic rings. The van der Waals surface area contributed by atoms with Crippen LogP contribution in [0.4, 0.5) is 16.2 Å². The maximum atomic E-state index is 12.9. The summed E-state index contributed by atoms with van der Waals surface area (Å²) in [6.45, 7) is 0.132. The number of hydrogen-bond donors (Lipinski definition) is 1. The van der Waals surface area contributed by atoms with Crippen LogP contribution in [0, 0.1) is 10.1 Å². The molecule has 9 heteroatoms. The van der Waals surface area contributed by atoms with E-state index in [9.17, 15) is 19.7 Å². The number of aromatic carboxylic acids is 1. The van der Waals surface area contributed by atoms with E-state index in [0.717, 1.165) is 4.47 Å². The number of ether oxygens (including phenoxy) is 1. The molecule has 30 heavy (non-hydrogen) atoms. The summed E-state index contributed by atoms with van der Waals surface area (Å²) < 4.78 is 6.22. The lowest BCUT2D eigenvalue weighted by Crippen LogP contribution is -2.33. The van der Waals surface area contributed by atoms with Gasteiger partial charge in [-0.3, -0.25) is 15.0 Å². The summed E-state index contributed by atoms with van der Waals surface area (Å²) in [5.41, 5.74) is 1.29. The lowest BCUT2D eigenvalue weighted by atomic mass is 10.1. The van der Waals surface area contributed by atoms with Crippen LogP contribution in [0.5, 0.6) is 5.75 Å². The Labute approximate surface area is 179 Å². The lowest BCUT2D eigenvalue weighted by molar-refractivity contribution is -0.384. The van der Waals surface area contributed by atoms with Crippen LogP contribution in [0.15, 0.2) is 77.3 Å². The minimum Gasteiger partial charge on any atom is -0.478 e. The van der Waals surface area contributed by atoms with Crippen LogP contribution in [0.1, 0.15) is 15.9 Å². The Morgan fingerprint density at radius 1 is 0.967 bits per heavy atom. The summed E-state index contributed by atoms with van der Waals surface area (Å²) in [5, 5.41) is 19.8. The van der Waals surface area contributed by atoms with Gasteiger partial charge < -0.3 is 9.84 Å². The third kappa shape index (κ3) is 5.21. The van der Waals surface area contributed by atoms with Gasteiger partial charge in [0.25, 0.3) is 5.69 Å². The smallest absolute Gasteiger partial charge is 0.420 e. The molecule has 0 aliphatic carbocycles. The normalized spacial score (nSPS) is 10.3. The van der Waals surface area contributed by atoms with E-state index in [1.165, 1.54) is 41.3 Å². The first-order valence-electron chi connectivity index (χ1n) is 8.65. The van der Waals surface area contributed by atoms with Crippen LogP contribution in [-0.2, 0) is 6.54 Å². The van der Waals surface area contributed by atoms with E-state index in [-0.39, 0.29) is 23.5 Å². The van der Waals surface area contributed by atoms with E-state index in [1.54, 1.807) is 36.4 Å². The Kier molecular flexibility index (Phi) is 6.43. The number of carboxylic acid groups (broad SMARTS) is 1. The molecule has 3 aromatic carbocycles. The fraction of sp³-hybridized carbons (Fsp3) is 0.0476. The van der Waals surface area contributed by atoms with Gasteiger partial charge in [-0.1, -0.05) is 28.1 Å². The van der Waals surface area contributed by atoms with Crippen molar-refractivity contribution in [3.8, 4) is 5.75 Å². The zero-order valence-corrected chi connectivity index (χ0v) is 17.0. The number of nitro benzene ring substituents is 1. The molecule has 0 unspecified atom stereocenters. The molecular formula is C21H15BrN2O6. The molecule has 0 bridgehead atoms. The molecular weight excluding hydrogens is 456 g/mol. The van der Waals surface area contributed by atoms with Crippen molar-refractivity contribution in [2.45, 2.75) is 6.54 Å². The van der Waals surface area contributed by atoms with E-state index in [2.05, 4.69) is 15.9 Å². The highest BCUT2D eigenvalue weighted by Crippen LogP contribution is 2.24. The average molecular weight is 471 g/mol. The van der Waals surface area contributed by atoms with Crippen LogP contribution in [0.3, 0.4) is 0 Å². The SMILES string of the molecule is O=C(O)c1ccc(CN(C(=O)Oc2ccc([N+](=O)[O-])cc2)c2ccc(Br)cc2)cc1. The Balaban J connectivity index is 1.84. The number of nitro groups is 1. The van der Waals surface area contributed by atoms with Gasteiger partial charge in [0.1, 0.15) is 5.75 Å². The number of halogens is 1. The van der Waals surface area contributed by atoms with Gasteiger partial charge in [-0.15, -0.1) is 0 Å². The quantitative estimate of drug-likeness (QED) is 0.388. The van der Waals surface area contributed by atoms with Crippen molar-refractivity contribution >= 4 is 39.4 Å². The van der Waals surface area contributed by atoms with Gasteiger partial charge in [-0.2, -0.15) is 0 Å². The van der Waals surface area contributed by atoms with E-state index in [1.807, 2.05) is 0 Å². The topological polar surface area (TPSA) is 110 Å². The van der Waals surface area contributed by atoms with Crippen molar-refractivity contribution in [2.24, 2.45) is 0 Å². The largest absolute Gasteiger partial charge is 0.478 e. The van der Waals surface area contributed by atoms with Gasteiger partial charge in [-0.05, 0) is 54.1 Å². The molecule has 0 spiro atoms. The molecule has 1 N–H and O–H groups in total. The fourth-order valence-electron chi connectivity index (χ4n) is 2.61. The van der Waals surface area contributed by atoms with Crippen molar-refractivity contribution in [3.05, 3.63) is 98.5 Å². The van der Waals surface area contributed by atoms with Crippen molar-refractivity contribution < 1.29 is 24.4 Å². The number of benzene rings is 3. The van der Waals surface area contributed by atoms with E-state index < -0.39 is 17.0 Å². The van der Waals surface area contributed by atoms with Crippen molar-refractivity contribution in [1.82, 2.24) is 0 Å². The number of anilines is 1. The maximum Gasteiger partial charge on any atom is 0.420 e. The minimum absolute atomic E-state index is 0.113. The van der Waals surface area contributed by atoms with Crippen molar-refractivity contribution in [1.29, 1.82) is 0 Å². The van der Waals surface area contributed by atoms with Crippen LogP contribution >= 0.6 is 15.9 Å². The van der Waals surface area contributed by atoms with Gasteiger partial charge in [0.15, 0.2) is 0 Å². The van der Waals surface area contributed by atoms with Gasteiger partial charge >= 0.3 is 12.1 Å². The second-order valence-electron chi connectivity index (χ2n) is 6.18. The molecule has 8 nitrogen and oxygen atoms in total. The van der Waals surface area contributed by atoms with Gasteiger partial charge in [0, 0.05) is 22.3 Å². The van der Waals surface area contributed by atoms with Crippen LogP contribution in [-0.4, -0.2) is 22.1 Å². The number of hydrogen-bond acceptors (Lipinski definition) is 5. The molecule has 3 rings (SSSR count). The molecule has 152 valence electrons. The number of non-ortho nitro benzene ring substituents is 1. The number of rotatable bonds is 6. The van der Waals surface area contributed by atoms with Gasteiger partial charge in [-0.25, -0.2) is 9.59 Å². The molecule has 0 fully saturated rings. The molecule has 0 aliphatic rings. The predicted octanol–water partition coefficient (Wildman–Crippen LogP) is 5.26. The summed E-state index contributed by atoms with van der Waals surface area (Å²) in [5.74, 6) is -0.877. The van der Waals surface area contributed by atoms with Gasteiger partial charge in [0.2, 0.25) is 0 Å². The lowest BCUT2D eigenvalue weighted by Gasteiger charge is -2.22. The number of amides is 1. The highest BCUT2D eigenvalue weighted by atomic mass is 79.9. The zero-order chi connectivity index (χ0) is 21.7. The molecule has 1 amide bonds. The van der Waals surface area contributed by atoms with Gasteiger partial charge in [0.05, 0.1) is 17.0 Å². The molecule has 0 heterocycles. The Morgan fingerprint density at radius 2 is 1.57 bits per heavy atom. The summed E-state index contributed by atoms with van der Waals surface area (Å²) in [7, 11) is 0. The van der Waals surface area contributed by atoms with Crippen molar-refractivity contribution in [3.63, 3.8) is 0 Å². The van der Waals surface area contributed by atoms with Crippen molar-refractivity contribution in [2.75, 3.05) is 4.90 Å². The summed E-state index contributed by atoms with van der Waals surface area (Å²) in [6, 6.07) is 18.3. The molecule has 0 aromatic heterocycles. The van der Waals surface area contributed by atoms with Crippen LogP contribution in [0.2, 0.25) is 0 Å². The molecule has 0 radical (unpaired) electrons. The molecule has 0 atom stereocenters. The number of nitrogens with zero attached hydrogens (tertiary/aromatic N) is 2. The minimum atomic E-state index is -1.04. The first-order valence-corrected chi connectivity index (χ1v) is 9.44. The second-order valence-corrected chi connectivity index (χ2v) is 7.10. The molecule has 0 saturated heterocycles. The Hall–Kier alpha value is -3.72.